The zero-order valence-electron chi connectivity index (χ0n) is 15.6. The summed E-state index contributed by atoms with van der Waals surface area (Å²) in [7, 11) is 0. The Hall–Kier alpha value is -2.63. The fourth-order valence-electron chi connectivity index (χ4n) is 3.69. The van der Waals surface area contributed by atoms with Crippen LogP contribution in [0.15, 0.2) is 67.0 Å². The number of benzene rings is 2. The van der Waals surface area contributed by atoms with Gasteiger partial charge in [0.1, 0.15) is 6.54 Å². The van der Waals surface area contributed by atoms with Gasteiger partial charge in [0.15, 0.2) is 0 Å². The molecule has 0 aliphatic carbocycles. The molecule has 5 nitrogen and oxygen atoms in total. The minimum atomic E-state index is -0.00170. The van der Waals surface area contributed by atoms with Crippen molar-refractivity contribution in [3.63, 3.8) is 0 Å². The molecule has 2 aromatic carbocycles. The Morgan fingerprint density at radius 2 is 1.82 bits per heavy atom. The highest BCUT2D eigenvalue weighted by Crippen LogP contribution is 2.11. The second-order valence-corrected chi connectivity index (χ2v) is 7.73. The molecule has 0 saturated carbocycles. The lowest BCUT2D eigenvalue weighted by molar-refractivity contribution is -0.918. The Morgan fingerprint density at radius 1 is 1.11 bits per heavy atom. The molecule has 0 spiro atoms. The van der Waals surface area contributed by atoms with Crippen molar-refractivity contribution in [1.29, 1.82) is 0 Å². The second kappa shape index (κ2) is 8.59. The average molecular weight is 396 g/mol. The van der Waals surface area contributed by atoms with E-state index in [4.69, 9.17) is 11.6 Å². The van der Waals surface area contributed by atoms with Gasteiger partial charge in [-0.3, -0.25) is 4.79 Å². The Labute approximate surface area is 169 Å². The summed E-state index contributed by atoms with van der Waals surface area (Å²) in [5.41, 5.74) is 2.94. The van der Waals surface area contributed by atoms with Gasteiger partial charge in [-0.1, -0.05) is 23.7 Å². The minimum Gasteiger partial charge on any atom is -0.349 e. The van der Waals surface area contributed by atoms with Crippen molar-refractivity contribution in [1.82, 2.24) is 15.1 Å². The van der Waals surface area contributed by atoms with Crippen LogP contribution in [0, 0.1) is 0 Å². The van der Waals surface area contributed by atoms with Crippen LogP contribution in [-0.4, -0.2) is 34.8 Å². The van der Waals surface area contributed by atoms with E-state index < -0.39 is 0 Å². The van der Waals surface area contributed by atoms with Gasteiger partial charge in [0.25, 0.3) is 5.91 Å². The van der Waals surface area contributed by atoms with E-state index in [0.29, 0.717) is 5.56 Å². The number of carbonyl (C=O) groups excluding carboxylic acids is 1. The molecule has 1 aromatic heterocycles. The van der Waals surface area contributed by atoms with Crippen molar-refractivity contribution in [3.05, 3.63) is 83.1 Å². The van der Waals surface area contributed by atoms with Crippen molar-refractivity contribution in [2.75, 3.05) is 13.1 Å². The van der Waals surface area contributed by atoms with E-state index in [0.717, 1.165) is 43.2 Å². The van der Waals surface area contributed by atoms with Gasteiger partial charge in [-0.05, 0) is 42.5 Å². The number of halogens is 1. The summed E-state index contributed by atoms with van der Waals surface area (Å²) in [6.07, 6.45) is 5.62. The van der Waals surface area contributed by atoms with Crippen molar-refractivity contribution >= 4 is 17.5 Å². The number of amides is 1. The van der Waals surface area contributed by atoms with Crippen molar-refractivity contribution in [3.8, 4) is 5.69 Å². The summed E-state index contributed by atoms with van der Waals surface area (Å²) in [6, 6.07) is 17.7. The first kappa shape index (κ1) is 18.7. The van der Waals surface area contributed by atoms with Gasteiger partial charge in [0.05, 0.1) is 18.8 Å². The zero-order valence-corrected chi connectivity index (χ0v) is 16.4. The number of rotatable bonds is 5. The van der Waals surface area contributed by atoms with Crippen LogP contribution >= 0.6 is 11.6 Å². The van der Waals surface area contributed by atoms with Crippen LogP contribution < -0.4 is 10.2 Å². The number of aromatic nitrogens is 2. The number of nitrogens with one attached hydrogen (secondary N) is 2. The molecule has 1 fully saturated rings. The Kier molecular flexibility index (Phi) is 5.74. The molecule has 2 N–H and O–H groups in total. The number of hydrogen-bond acceptors (Lipinski definition) is 2. The van der Waals surface area contributed by atoms with Crippen LogP contribution in [0.1, 0.15) is 28.8 Å². The van der Waals surface area contributed by atoms with E-state index in [-0.39, 0.29) is 11.9 Å². The Bertz CT molecular complexity index is 899. The average Bonchev–Trinajstić information content (AvgIpc) is 3.26. The van der Waals surface area contributed by atoms with E-state index in [1.807, 2.05) is 48.7 Å². The second-order valence-electron chi connectivity index (χ2n) is 7.30. The summed E-state index contributed by atoms with van der Waals surface area (Å²) in [6.45, 7) is 3.13. The molecule has 6 heteroatoms. The summed E-state index contributed by atoms with van der Waals surface area (Å²) in [4.78, 5) is 14.1. The predicted octanol–water partition coefficient (Wildman–Crippen LogP) is 2.50. The lowest BCUT2D eigenvalue weighted by Gasteiger charge is -2.29. The molecule has 4 rings (SSSR count). The van der Waals surface area contributed by atoms with Crippen LogP contribution in [0.3, 0.4) is 0 Å². The molecule has 3 aromatic rings. The number of carbonyl (C=O) groups is 1. The van der Waals surface area contributed by atoms with Crippen molar-refractivity contribution in [2.24, 2.45) is 0 Å². The molecular formula is C22H24ClN4O+. The maximum absolute atomic E-state index is 12.6. The van der Waals surface area contributed by atoms with Gasteiger partial charge in [-0.25, -0.2) is 4.68 Å². The van der Waals surface area contributed by atoms with Crippen LogP contribution in [0.5, 0.6) is 0 Å². The number of hydrogen-bond donors (Lipinski definition) is 2. The third-order valence-electron chi connectivity index (χ3n) is 5.29. The SMILES string of the molecule is O=C(NC1CC[NH+](Cc2ccc(Cl)cc2)CC1)c1ccc(-n2cccn2)cc1. The summed E-state index contributed by atoms with van der Waals surface area (Å²) in [5.74, 6) is -0.00170. The smallest absolute Gasteiger partial charge is 0.251 e. The third-order valence-corrected chi connectivity index (χ3v) is 5.55. The van der Waals surface area contributed by atoms with Crippen LogP contribution in [0.2, 0.25) is 5.02 Å². The number of piperidine rings is 1. The Balaban J connectivity index is 1.27. The summed E-state index contributed by atoms with van der Waals surface area (Å²) >= 11 is 5.96. The van der Waals surface area contributed by atoms with E-state index >= 15 is 0 Å². The van der Waals surface area contributed by atoms with Crippen LogP contribution in [-0.2, 0) is 6.54 Å². The van der Waals surface area contributed by atoms with Gasteiger partial charge < -0.3 is 10.2 Å². The largest absolute Gasteiger partial charge is 0.349 e. The molecule has 1 saturated heterocycles. The maximum Gasteiger partial charge on any atom is 0.251 e. The molecule has 144 valence electrons. The van der Waals surface area contributed by atoms with Crippen LogP contribution in [0.4, 0.5) is 0 Å². The van der Waals surface area contributed by atoms with E-state index in [1.54, 1.807) is 15.8 Å². The molecule has 1 aliphatic rings. The predicted molar refractivity (Wildman–Crippen MR) is 110 cm³/mol. The lowest BCUT2D eigenvalue weighted by atomic mass is 10.0. The standard InChI is InChI=1S/C22H23ClN4O/c23-19-6-2-17(3-7-19)16-26-14-10-20(11-15-26)25-22(28)18-4-8-21(9-5-18)27-13-1-12-24-27/h1-9,12-13,20H,10-11,14-16H2,(H,25,28)/p+1. The minimum absolute atomic E-state index is 0.00170. The number of quaternary nitrogens is 1. The van der Waals surface area contributed by atoms with Gasteiger partial charge >= 0.3 is 0 Å². The first-order valence-corrected chi connectivity index (χ1v) is 10.0. The van der Waals surface area contributed by atoms with E-state index in [9.17, 15) is 4.79 Å². The summed E-state index contributed by atoms with van der Waals surface area (Å²) in [5, 5.41) is 8.17. The molecule has 2 heterocycles. The molecule has 1 aliphatic heterocycles. The molecule has 0 radical (unpaired) electrons. The number of nitrogens with zero attached hydrogens (tertiary/aromatic N) is 2. The molecule has 0 bridgehead atoms. The fraction of sp³-hybridized carbons (Fsp3) is 0.273. The first-order valence-electron chi connectivity index (χ1n) is 9.66. The molecule has 1 amide bonds. The fourth-order valence-corrected chi connectivity index (χ4v) is 3.82. The zero-order chi connectivity index (χ0) is 19.3. The van der Waals surface area contributed by atoms with Gasteiger partial charge in [0.2, 0.25) is 0 Å². The normalized spacial score (nSPS) is 19.3. The van der Waals surface area contributed by atoms with E-state index in [1.165, 1.54) is 5.56 Å². The highest BCUT2D eigenvalue weighted by molar-refractivity contribution is 6.30. The first-order chi connectivity index (χ1) is 13.7. The van der Waals surface area contributed by atoms with Crippen LogP contribution in [0.25, 0.3) is 5.69 Å². The quantitative estimate of drug-likeness (QED) is 0.697. The highest BCUT2D eigenvalue weighted by Gasteiger charge is 2.23. The number of likely N-dealkylation sites (tertiary alicyclic amines) is 1. The van der Waals surface area contributed by atoms with E-state index in [2.05, 4.69) is 22.5 Å². The third kappa shape index (κ3) is 4.61. The highest BCUT2D eigenvalue weighted by atomic mass is 35.5. The maximum atomic E-state index is 12.6. The molecular weight excluding hydrogens is 372 g/mol. The Morgan fingerprint density at radius 3 is 2.46 bits per heavy atom. The van der Waals surface area contributed by atoms with Gasteiger partial charge in [-0.2, -0.15) is 5.10 Å². The van der Waals surface area contributed by atoms with Gasteiger partial charge in [-0.15, -0.1) is 0 Å². The molecule has 0 atom stereocenters. The summed E-state index contributed by atoms with van der Waals surface area (Å²) < 4.78 is 1.78. The monoisotopic (exact) mass is 395 g/mol. The van der Waals surface area contributed by atoms with Crippen molar-refractivity contribution < 1.29 is 9.69 Å². The van der Waals surface area contributed by atoms with Crippen molar-refractivity contribution in [2.45, 2.75) is 25.4 Å². The topological polar surface area (TPSA) is 51.4 Å². The molecule has 28 heavy (non-hydrogen) atoms. The van der Waals surface area contributed by atoms with Gasteiger partial charge in [0, 0.05) is 47.4 Å². The molecule has 0 unspecified atom stereocenters. The lowest BCUT2D eigenvalue weighted by Crippen LogP contribution is -3.12.